The fourth-order valence-electron chi connectivity index (χ4n) is 2.30. The van der Waals surface area contributed by atoms with E-state index in [1.165, 1.54) is 18.2 Å². The number of hydrogen-bond acceptors (Lipinski definition) is 2. The van der Waals surface area contributed by atoms with Gasteiger partial charge in [-0.1, -0.05) is 18.2 Å². The number of rotatable bonds is 6. The third kappa shape index (κ3) is 4.02. The first kappa shape index (κ1) is 15.4. The lowest BCUT2D eigenvalue weighted by Crippen LogP contribution is -2.25. The molecule has 0 spiro atoms. The molecule has 2 nitrogen and oxygen atoms in total. The van der Waals surface area contributed by atoms with E-state index in [1.807, 2.05) is 11.8 Å². The summed E-state index contributed by atoms with van der Waals surface area (Å²) in [5, 5.41) is 10.1. The number of anilines is 1. The molecule has 112 valence electrons. The molecule has 1 atom stereocenters. The van der Waals surface area contributed by atoms with Gasteiger partial charge in [0.1, 0.15) is 11.6 Å². The van der Waals surface area contributed by atoms with E-state index in [9.17, 15) is 13.9 Å². The van der Waals surface area contributed by atoms with Crippen molar-refractivity contribution in [2.45, 2.75) is 19.4 Å². The highest BCUT2D eigenvalue weighted by Gasteiger charge is 2.14. The average Bonchev–Trinajstić information content (AvgIpc) is 2.49. The number of hydrogen-bond donors (Lipinski definition) is 1. The Morgan fingerprint density at radius 1 is 1.05 bits per heavy atom. The Bertz CT molecular complexity index is 571. The van der Waals surface area contributed by atoms with Crippen LogP contribution in [0.2, 0.25) is 0 Å². The second-order valence-corrected chi connectivity index (χ2v) is 4.88. The molecule has 21 heavy (non-hydrogen) atoms. The van der Waals surface area contributed by atoms with Crippen molar-refractivity contribution >= 4 is 5.69 Å². The second-order valence-electron chi connectivity index (χ2n) is 4.88. The van der Waals surface area contributed by atoms with Crippen LogP contribution in [0.4, 0.5) is 14.5 Å². The van der Waals surface area contributed by atoms with Crippen molar-refractivity contribution in [2.75, 3.05) is 18.0 Å². The van der Waals surface area contributed by atoms with Crippen molar-refractivity contribution in [1.82, 2.24) is 0 Å². The quantitative estimate of drug-likeness (QED) is 0.872. The van der Waals surface area contributed by atoms with E-state index in [0.29, 0.717) is 18.5 Å². The molecule has 0 radical (unpaired) electrons. The van der Waals surface area contributed by atoms with Crippen LogP contribution in [-0.2, 0) is 0 Å². The summed E-state index contributed by atoms with van der Waals surface area (Å²) >= 11 is 0. The first-order valence-corrected chi connectivity index (χ1v) is 7.04. The Labute approximate surface area is 123 Å². The van der Waals surface area contributed by atoms with Gasteiger partial charge in [0, 0.05) is 24.3 Å². The van der Waals surface area contributed by atoms with Crippen LogP contribution >= 0.6 is 0 Å². The number of aliphatic hydroxyl groups excluding tert-OH is 1. The van der Waals surface area contributed by atoms with Crippen molar-refractivity contribution in [3.8, 4) is 0 Å². The maximum absolute atomic E-state index is 13.6. The Kier molecular flexibility index (Phi) is 5.28. The smallest absolute Gasteiger partial charge is 0.128 e. The summed E-state index contributed by atoms with van der Waals surface area (Å²) < 4.78 is 26.5. The van der Waals surface area contributed by atoms with E-state index in [1.54, 1.807) is 30.3 Å². The van der Waals surface area contributed by atoms with Crippen LogP contribution in [0.25, 0.3) is 0 Å². The highest BCUT2D eigenvalue weighted by molar-refractivity contribution is 5.46. The summed E-state index contributed by atoms with van der Waals surface area (Å²) in [6, 6.07) is 12.5. The largest absolute Gasteiger partial charge is 0.388 e. The Morgan fingerprint density at radius 2 is 1.71 bits per heavy atom. The molecule has 0 fully saturated rings. The standard InChI is InChI=1S/C17H19F2NO/c1-2-20(14-9-7-13(18)8-10-14)12-11-17(21)15-5-3-4-6-16(15)19/h3-10,17,21H,2,11-12H2,1H3. The zero-order chi connectivity index (χ0) is 15.2. The lowest BCUT2D eigenvalue weighted by atomic mass is 10.1. The van der Waals surface area contributed by atoms with E-state index < -0.39 is 11.9 Å². The minimum absolute atomic E-state index is 0.277. The molecule has 0 aliphatic heterocycles. The van der Waals surface area contributed by atoms with Crippen molar-refractivity contribution in [3.05, 3.63) is 65.7 Å². The predicted molar refractivity (Wildman–Crippen MR) is 80.3 cm³/mol. The Balaban J connectivity index is 2.00. The minimum atomic E-state index is -0.847. The van der Waals surface area contributed by atoms with Crippen LogP contribution in [0.5, 0.6) is 0 Å². The molecular weight excluding hydrogens is 272 g/mol. The number of benzene rings is 2. The van der Waals surface area contributed by atoms with Crippen LogP contribution in [0, 0.1) is 11.6 Å². The molecule has 4 heteroatoms. The van der Waals surface area contributed by atoms with E-state index >= 15 is 0 Å². The summed E-state index contributed by atoms with van der Waals surface area (Å²) in [5.41, 5.74) is 1.20. The van der Waals surface area contributed by atoms with E-state index in [0.717, 1.165) is 12.2 Å². The van der Waals surface area contributed by atoms with Crippen molar-refractivity contribution in [2.24, 2.45) is 0 Å². The molecule has 0 heterocycles. The Hall–Kier alpha value is -1.94. The first-order chi connectivity index (χ1) is 10.1. The fourth-order valence-corrected chi connectivity index (χ4v) is 2.30. The average molecular weight is 291 g/mol. The third-order valence-corrected chi connectivity index (χ3v) is 3.51. The maximum Gasteiger partial charge on any atom is 0.128 e. The fraction of sp³-hybridized carbons (Fsp3) is 0.294. The molecule has 2 aromatic carbocycles. The van der Waals surface area contributed by atoms with Crippen molar-refractivity contribution < 1.29 is 13.9 Å². The monoisotopic (exact) mass is 291 g/mol. The minimum Gasteiger partial charge on any atom is -0.388 e. The van der Waals surface area contributed by atoms with Gasteiger partial charge < -0.3 is 10.0 Å². The van der Waals surface area contributed by atoms with Crippen LogP contribution in [0.1, 0.15) is 25.0 Å². The van der Waals surface area contributed by atoms with Gasteiger partial charge in [0.2, 0.25) is 0 Å². The molecule has 0 bridgehead atoms. The van der Waals surface area contributed by atoms with Gasteiger partial charge in [-0.05, 0) is 43.7 Å². The molecule has 0 aliphatic carbocycles. The normalized spacial score (nSPS) is 12.2. The van der Waals surface area contributed by atoms with Crippen molar-refractivity contribution in [3.63, 3.8) is 0 Å². The Morgan fingerprint density at radius 3 is 2.33 bits per heavy atom. The molecule has 0 saturated heterocycles. The van der Waals surface area contributed by atoms with Crippen molar-refractivity contribution in [1.29, 1.82) is 0 Å². The molecule has 2 aromatic rings. The van der Waals surface area contributed by atoms with Crippen LogP contribution in [0.15, 0.2) is 48.5 Å². The van der Waals surface area contributed by atoms with Crippen LogP contribution < -0.4 is 4.90 Å². The van der Waals surface area contributed by atoms with Gasteiger partial charge >= 0.3 is 0 Å². The summed E-state index contributed by atoms with van der Waals surface area (Å²) in [5.74, 6) is -0.670. The highest BCUT2D eigenvalue weighted by atomic mass is 19.1. The second kappa shape index (κ2) is 7.18. The molecule has 0 aliphatic rings. The van der Waals surface area contributed by atoms with Gasteiger partial charge in [0.25, 0.3) is 0 Å². The molecule has 1 unspecified atom stereocenters. The summed E-state index contributed by atoms with van der Waals surface area (Å²) in [6.07, 6.45) is -0.438. The van der Waals surface area contributed by atoms with Gasteiger partial charge in [-0.15, -0.1) is 0 Å². The SMILES string of the molecule is CCN(CCC(O)c1ccccc1F)c1ccc(F)cc1. The molecule has 2 rings (SSSR count). The zero-order valence-corrected chi connectivity index (χ0v) is 12.0. The van der Waals surface area contributed by atoms with E-state index in [2.05, 4.69) is 0 Å². The van der Waals surface area contributed by atoms with Gasteiger partial charge in [0.05, 0.1) is 6.10 Å². The third-order valence-electron chi connectivity index (χ3n) is 3.51. The molecule has 0 saturated carbocycles. The predicted octanol–water partition coefficient (Wildman–Crippen LogP) is 3.91. The lowest BCUT2D eigenvalue weighted by Gasteiger charge is -2.24. The summed E-state index contributed by atoms with van der Waals surface area (Å²) in [4.78, 5) is 2.02. The van der Waals surface area contributed by atoms with Gasteiger partial charge in [-0.2, -0.15) is 0 Å². The zero-order valence-electron chi connectivity index (χ0n) is 12.0. The summed E-state index contributed by atoms with van der Waals surface area (Å²) in [6.45, 7) is 3.28. The molecule has 0 aromatic heterocycles. The molecule has 1 N–H and O–H groups in total. The number of nitrogens with zero attached hydrogens (tertiary/aromatic N) is 1. The summed E-state index contributed by atoms with van der Waals surface area (Å²) in [7, 11) is 0. The van der Waals surface area contributed by atoms with Crippen LogP contribution in [0.3, 0.4) is 0 Å². The molecule has 0 amide bonds. The first-order valence-electron chi connectivity index (χ1n) is 7.04. The molecular formula is C17H19F2NO. The number of aliphatic hydroxyl groups is 1. The van der Waals surface area contributed by atoms with Gasteiger partial charge in [-0.3, -0.25) is 0 Å². The topological polar surface area (TPSA) is 23.5 Å². The van der Waals surface area contributed by atoms with E-state index in [-0.39, 0.29) is 5.82 Å². The van der Waals surface area contributed by atoms with Gasteiger partial charge in [0.15, 0.2) is 0 Å². The van der Waals surface area contributed by atoms with Gasteiger partial charge in [-0.25, -0.2) is 8.78 Å². The lowest BCUT2D eigenvalue weighted by molar-refractivity contribution is 0.165. The highest BCUT2D eigenvalue weighted by Crippen LogP contribution is 2.22. The number of halogens is 2. The van der Waals surface area contributed by atoms with E-state index in [4.69, 9.17) is 0 Å². The maximum atomic E-state index is 13.6. The van der Waals surface area contributed by atoms with Crippen LogP contribution in [-0.4, -0.2) is 18.2 Å².